The number of non-ortho nitro benzene ring substituents is 1. The van der Waals surface area contributed by atoms with Gasteiger partial charge in [0.05, 0.1) is 16.2 Å². The van der Waals surface area contributed by atoms with Crippen LogP contribution in [-0.2, 0) is 0 Å². The molecule has 1 aliphatic rings. The number of hydrogen-bond acceptors (Lipinski definition) is 4. The maximum atomic E-state index is 10.7. The molecule has 1 aliphatic carbocycles. The first-order valence-corrected chi connectivity index (χ1v) is 7.03. The second-order valence-corrected chi connectivity index (χ2v) is 5.51. The summed E-state index contributed by atoms with van der Waals surface area (Å²) in [6, 6.07) is 6.43. The van der Waals surface area contributed by atoms with Crippen molar-refractivity contribution >= 4 is 11.4 Å². The van der Waals surface area contributed by atoms with Gasteiger partial charge in [-0.25, -0.2) is 0 Å². The van der Waals surface area contributed by atoms with E-state index in [1.54, 1.807) is 6.07 Å². The molecule has 106 valence electrons. The van der Waals surface area contributed by atoms with E-state index in [0.717, 1.165) is 13.0 Å². The number of nitro groups is 1. The summed E-state index contributed by atoms with van der Waals surface area (Å²) < 4.78 is 0. The lowest BCUT2D eigenvalue weighted by molar-refractivity contribution is -0.384. The third-order valence-electron chi connectivity index (χ3n) is 4.40. The molecular formula is C15H19N3O2. The lowest BCUT2D eigenvalue weighted by atomic mass is 9.83. The Balaban J connectivity index is 2.13. The van der Waals surface area contributed by atoms with Gasteiger partial charge in [-0.3, -0.25) is 10.1 Å². The van der Waals surface area contributed by atoms with Crippen molar-refractivity contribution in [3.63, 3.8) is 0 Å². The fraction of sp³-hybridized carbons (Fsp3) is 0.533. The van der Waals surface area contributed by atoms with Crippen LogP contribution in [-0.4, -0.2) is 11.5 Å². The van der Waals surface area contributed by atoms with Crippen molar-refractivity contribution in [1.29, 1.82) is 5.26 Å². The normalized spacial score (nSPS) is 16.6. The average molecular weight is 273 g/mol. The second-order valence-electron chi connectivity index (χ2n) is 5.51. The van der Waals surface area contributed by atoms with Gasteiger partial charge in [-0.05, 0) is 30.7 Å². The van der Waals surface area contributed by atoms with E-state index in [2.05, 4.69) is 12.2 Å². The van der Waals surface area contributed by atoms with Crippen molar-refractivity contribution in [3.05, 3.63) is 33.9 Å². The third-order valence-corrected chi connectivity index (χ3v) is 4.40. The first kappa shape index (κ1) is 14.3. The Kier molecular flexibility index (Phi) is 4.23. The first-order chi connectivity index (χ1) is 9.60. The molecule has 5 heteroatoms. The van der Waals surface area contributed by atoms with E-state index in [0.29, 0.717) is 16.7 Å². The van der Waals surface area contributed by atoms with Gasteiger partial charge < -0.3 is 5.32 Å². The van der Waals surface area contributed by atoms with Crippen molar-refractivity contribution in [1.82, 2.24) is 0 Å². The number of nitro benzene ring substituents is 1. The van der Waals surface area contributed by atoms with E-state index in [1.165, 1.54) is 37.8 Å². The summed E-state index contributed by atoms with van der Waals surface area (Å²) in [6.07, 6.45) is 6.08. The zero-order chi connectivity index (χ0) is 14.6. The molecule has 0 aromatic heterocycles. The highest BCUT2D eigenvalue weighted by atomic mass is 16.6. The minimum atomic E-state index is -0.477. The molecule has 1 aromatic carbocycles. The van der Waals surface area contributed by atoms with Gasteiger partial charge in [0.15, 0.2) is 0 Å². The Morgan fingerprint density at radius 3 is 2.70 bits per heavy atom. The standard InChI is InChI=1S/C15H19N3O2/c1-2-15(7-3-4-8-15)11-17-14-6-5-13(18(19)20)9-12(14)10-16/h5-6,9,17H,2-4,7-8,11H2,1H3. The van der Waals surface area contributed by atoms with Gasteiger partial charge in [0, 0.05) is 18.7 Å². The van der Waals surface area contributed by atoms with E-state index in [9.17, 15) is 10.1 Å². The van der Waals surface area contributed by atoms with Crippen LogP contribution < -0.4 is 5.32 Å². The molecule has 0 unspecified atom stereocenters. The maximum absolute atomic E-state index is 10.7. The smallest absolute Gasteiger partial charge is 0.270 e. The van der Waals surface area contributed by atoms with Crippen LogP contribution in [0.1, 0.15) is 44.6 Å². The monoisotopic (exact) mass is 273 g/mol. The number of nitrogens with one attached hydrogen (secondary N) is 1. The number of benzene rings is 1. The Morgan fingerprint density at radius 2 is 2.15 bits per heavy atom. The zero-order valence-corrected chi connectivity index (χ0v) is 11.7. The molecule has 2 rings (SSSR count). The number of rotatable bonds is 5. The van der Waals surface area contributed by atoms with Crippen LogP contribution in [0.5, 0.6) is 0 Å². The van der Waals surface area contributed by atoms with Gasteiger partial charge >= 0.3 is 0 Å². The van der Waals surface area contributed by atoms with Crippen molar-refractivity contribution in [2.45, 2.75) is 39.0 Å². The molecule has 1 aromatic rings. The third kappa shape index (κ3) is 2.90. The average Bonchev–Trinajstić information content (AvgIpc) is 2.94. The fourth-order valence-electron chi connectivity index (χ4n) is 2.96. The molecule has 0 radical (unpaired) electrons. The van der Waals surface area contributed by atoms with Gasteiger partial charge in [0.25, 0.3) is 5.69 Å². The Labute approximate surface area is 118 Å². The molecule has 0 spiro atoms. The van der Waals surface area contributed by atoms with Gasteiger partial charge in [-0.15, -0.1) is 0 Å². The minimum absolute atomic E-state index is 0.0434. The molecular weight excluding hydrogens is 254 g/mol. The molecule has 1 N–H and O–H groups in total. The lowest BCUT2D eigenvalue weighted by Crippen LogP contribution is -2.26. The summed E-state index contributed by atoms with van der Waals surface area (Å²) in [7, 11) is 0. The van der Waals surface area contributed by atoms with E-state index >= 15 is 0 Å². The van der Waals surface area contributed by atoms with E-state index in [1.807, 2.05) is 6.07 Å². The molecule has 0 bridgehead atoms. The Hall–Kier alpha value is -2.09. The Morgan fingerprint density at radius 1 is 1.45 bits per heavy atom. The number of hydrogen-bond donors (Lipinski definition) is 1. The fourth-order valence-corrected chi connectivity index (χ4v) is 2.96. The van der Waals surface area contributed by atoms with Crippen LogP contribution >= 0.6 is 0 Å². The molecule has 0 saturated heterocycles. The topological polar surface area (TPSA) is 79.0 Å². The summed E-state index contributed by atoms with van der Waals surface area (Å²) in [5.74, 6) is 0. The quantitative estimate of drug-likeness (QED) is 0.652. The van der Waals surface area contributed by atoms with Crippen molar-refractivity contribution in [2.24, 2.45) is 5.41 Å². The molecule has 0 atom stereocenters. The van der Waals surface area contributed by atoms with Crippen LogP contribution in [0.4, 0.5) is 11.4 Å². The first-order valence-electron chi connectivity index (χ1n) is 7.03. The van der Waals surface area contributed by atoms with Crippen LogP contribution in [0.25, 0.3) is 0 Å². The van der Waals surface area contributed by atoms with Crippen LogP contribution in [0.15, 0.2) is 18.2 Å². The largest absolute Gasteiger partial charge is 0.383 e. The SMILES string of the molecule is CCC1(CNc2ccc([N+](=O)[O-])cc2C#N)CCCC1. The maximum Gasteiger partial charge on any atom is 0.270 e. The molecule has 1 saturated carbocycles. The summed E-state index contributed by atoms with van der Waals surface area (Å²) in [5, 5.41) is 23.2. The lowest BCUT2D eigenvalue weighted by Gasteiger charge is -2.28. The van der Waals surface area contributed by atoms with E-state index < -0.39 is 4.92 Å². The van der Waals surface area contributed by atoms with Crippen LogP contribution in [0.3, 0.4) is 0 Å². The van der Waals surface area contributed by atoms with Gasteiger partial charge in [-0.1, -0.05) is 19.8 Å². The number of nitrogens with zero attached hydrogens (tertiary/aromatic N) is 2. The van der Waals surface area contributed by atoms with Gasteiger partial charge in [-0.2, -0.15) is 5.26 Å². The molecule has 5 nitrogen and oxygen atoms in total. The van der Waals surface area contributed by atoms with Crippen molar-refractivity contribution in [3.8, 4) is 6.07 Å². The summed E-state index contributed by atoms with van der Waals surface area (Å²) in [5.41, 5.74) is 1.30. The highest BCUT2D eigenvalue weighted by Crippen LogP contribution is 2.41. The Bertz CT molecular complexity index is 543. The van der Waals surface area contributed by atoms with Crippen LogP contribution in [0.2, 0.25) is 0 Å². The highest BCUT2D eigenvalue weighted by Gasteiger charge is 2.31. The molecule has 1 fully saturated rings. The highest BCUT2D eigenvalue weighted by molar-refractivity contribution is 5.61. The second kappa shape index (κ2) is 5.91. The predicted octanol–water partition coefficient (Wildman–Crippen LogP) is 3.85. The van der Waals surface area contributed by atoms with E-state index in [4.69, 9.17) is 5.26 Å². The van der Waals surface area contributed by atoms with Crippen molar-refractivity contribution in [2.75, 3.05) is 11.9 Å². The van der Waals surface area contributed by atoms with Crippen molar-refractivity contribution < 1.29 is 4.92 Å². The molecule has 0 amide bonds. The molecule has 0 aliphatic heterocycles. The zero-order valence-electron chi connectivity index (χ0n) is 11.7. The summed E-state index contributed by atoms with van der Waals surface area (Å²) >= 11 is 0. The van der Waals surface area contributed by atoms with Crippen LogP contribution in [0, 0.1) is 26.9 Å². The number of nitriles is 1. The summed E-state index contributed by atoms with van der Waals surface area (Å²) in [6.45, 7) is 3.03. The predicted molar refractivity (Wildman–Crippen MR) is 77.5 cm³/mol. The molecule has 20 heavy (non-hydrogen) atoms. The van der Waals surface area contributed by atoms with E-state index in [-0.39, 0.29) is 5.69 Å². The van der Waals surface area contributed by atoms with Gasteiger partial charge in [0.1, 0.15) is 6.07 Å². The number of anilines is 1. The minimum Gasteiger partial charge on any atom is -0.383 e. The summed E-state index contributed by atoms with van der Waals surface area (Å²) in [4.78, 5) is 10.2. The molecule has 0 heterocycles. The van der Waals surface area contributed by atoms with Gasteiger partial charge in [0.2, 0.25) is 0 Å².